The molecule has 7 heteroatoms. The van der Waals surface area contributed by atoms with Gasteiger partial charge in [0.1, 0.15) is 5.75 Å². The Labute approximate surface area is 110 Å². The van der Waals surface area contributed by atoms with Crippen LogP contribution in [0.5, 0.6) is 5.75 Å². The summed E-state index contributed by atoms with van der Waals surface area (Å²) in [6.07, 6.45) is 0. The molecule has 1 unspecified atom stereocenters. The van der Waals surface area contributed by atoms with E-state index >= 15 is 0 Å². The fourth-order valence-electron chi connectivity index (χ4n) is 1.51. The molecule has 0 aliphatic heterocycles. The molecule has 19 heavy (non-hydrogen) atoms. The zero-order chi connectivity index (χ0) is 13.9. The standard InChI is InChI=1S/C12H11NO5S/c14-13(15)11-8-4-5-9-12(11)19(16,17)18-10-6-2-1-3-7-10/h1-9,13-14H. The van der Waals surface area contributed by atoms with Crippen LogP contribution in [0.4, 0.5) is 5.69 Å². The van der Waals surface area contributed by atoms with Gasteiger partial charge in [-0.2, -0.15) is 13.6 Å². The summed E-state index contributed by atoms with van der Waals surface area (Å²) in [7, 11) is -4.17. The summed E-state index contributed by atoms with van der Waals surface area (Å²) in [5.41, 5.74) is -0.321. The van der Waals surface area contributed by atoms with Crippen molar-refractivity contribution in [3.63, 3.8) is 0 Å². The Bertz CT molecular complexity index is 655. The third kappa shape index (κ3) is 3.09. The average molecular weight is 281 g/mol. The van der Waals surface area contributed by atoms with E-state index in [1.54, 1.807) is 18.2 Å². The molecule has 0 aliphatic rings. The second-order valence-electron chi connectivity index (χ2n) is 3.65. The van der Waals surface area contributed by atoms with Crippen LogP contribution in [0.25, 0.3) is 0 Å². The van der Waals surface area contributed by atoms with E-state index < -0.39 is 15.3 Å². The Kier molecular flexibility index (Phi) is 3.82. The van der Waals surface area contributed by atoms with E-state index in [0.717, 1.165) is 0 Å². The van der Waals surface area contributed by atoms with Gasteiger partial charge in [-0.25, -0.2) is 5.21 Å². The summed E-state index contributed by atoms with van der Waals surface area (Å²) < 4.78 is 29.0. The van der Waals surface area contributed by atoms with Crippen LogP contribution in [0.15, 0.2) is 59.5 Å². The molecule has 6 nitrogen and oxygen atoms in total. The summed E-state index contributed by atoms with van der Waals surface area (Å²) in [6.45, 7) is 0. The SMILES string of the molecule is O=S(=O)(Oc1ccccc1)c1ccccc1[NH+]([O-])O. The van der Waals surface area contributed by atoms with Gasteiger partial charge < -0.3 is 9.39 Å². The first-order valence-electron chi connectivity index (χ1n) is 5.32. The Hall–Kier alpha value is -1.93. The quantitative estimate of drug-likeness (QED) is 0.640. The third-order valence-corrected chi connectivity index (χ3v) is 3.64. The molecule has 0 bridgehead atoms. The monoisotopic (exact) mass is 281 g/mol. The van der Waals surface area contributed by atoms with Crippen molar-refractivity contribution < 1.29 is 23.0 Å². The smallest absolute Gasteiger partial charge is 0.345 e. The lowest BCUT2D eigenvalue weighted by molar-refractivity contribution is -0.992. The molecule has 0 heterocycles. The van der Waals surface area contributed by atoms with Crippen LogP contribution in [0.3, 0.4) is 0 Å². The van der Waals surface area contributed by atoms with Gasteiger partial charge in [-0.1, -0.05) is 30.3 Å². The zero-order valence-electron chi connectivity index (χ0n) is 9.68. The first kappa shape index (κ1) is 13.5. The minimum Gasteiger partial charge on any atom is -0.595 e. The van der Waals surface area contributed by atoms with Crippen LogP contribution < -0.4 is 9.41 Å². The van der Waals surface area contributed by atoms with E-state index in [1.807, 2.05) is 0 Å². The van der Waals surface area contributed by atoms with Crippen LogP contribution in [0.1, 0.15) is 0 Å². The van der Waals surface area contributed by atoms with Gasteiger partial charge >= 0.3 is 10.1 Å². The normalized spacial score (nSPS) is 12.9. The third-order valence-electron chi connectivity index (χ3n) is 2.34. The number of para-hydroxylation sites is 2. The molecule has 0 aromatic heterocycles. The number of rotatable bonds is 4. The highest BCUT2D eigenvalue weighted by Crippen LogP contribution is 2.22. The van der Waals surface area contributed by atoms with Crippen molar-refractivity contribution in [3.8, 4) is 5.75 Å². The van der Waals surface area contributed by atoms with E-state index in [4.69, 9.17) is 9.39 Å². The minimum absolute atomic E-state index is 0.127. The summed E-state index contributed by atoms with van der Waals surface area (Å²) >= 11 is 0. The largest absolute Gasteiger partial charge is 0.595 e. The molecular weight excluding hydrogens is 270 g/mol. The molecule has 0 aliphatic carbocycles. The maximum atomic E-state index is 12.0. The Morgan fingerprint density at radius 1 is 1.00 bits per heavy atom. The second kappa shape index (κ2) is 5.37. The maximum Gasteiger partial charge on any atom is 0.345 e. The Balaban J connectivity index is 2.41. The highest BCUT2D eigenvalue weighted by Gasteiger charge is 2.24. The predicted octanol–water partition coefficient (Wildman–Crippen LogP) is 0.858. The molecule has 0 spiro atoms. The summed E-state index contributed by atoms with van der Waals surface area (Å²) in [6, 6.07) is 13.2. The van der Waals surface area contributed by atoms with Crippen molar-refractivity contribution in [1.82, 2.24) is 0 Å². The van der Waals surface area contributed by atoms with Gasteiger partial charge in [0.15, 0.2) is 10.6 Å². The zero-order valence-corrected chi connectivity index (χ0v) is 10.5. The fraction of sp³-hybridized carbons (Fsp3) is 0. The van der Waals surface area contributed by atoms with Gasteiger partial charge in [-0.15, -0.1) is 0 Å². The lowest BCUT2D eigenvalue weighted by atomic mass is 10.3. The van der Waals surface area contributed by atoms with Crippen LogP contribution >= 0.6 is 0 Å². The number of nitrogens with one attached hydrogen (secondary N) is 1. The first-order chi connectivity index (χ1) is 9.00. The second-order valence-corrected chi connectivity index (χ2v) is 5.17. The van der Waals surface area contributed by atoms with Crippen molar-refractivity contribution in [2.75, 3.05) is 0 Å². The summed E-state index contributed by atoms with van der Waals surface area (Å²) in [5.74, 6) is 0.127. The molecule has 100 valence electrons. The molecule has 2 rings (SSSR count). The number of hydrogen-bond acceptors (Lipinski definition) is 5. The number of benzene rings is 2. The van der Waals surface area contributed by atoms with E-state index in [1.165, 1.54) is 36.4 Å². The van der Waals surface area contributed by atoms with Gasteiger partial charge in [0.25, 0.3) is 0 Å². The lowest BCUT2D eigenvalue weighted by Gasteiger charge is -2.15. The Morgan fingerprint density at radius 3 is 2.21 bits per heavy atom. The molecule has 0 radical (unpaired) electrons. The topological polar surface area (TPSA) is 91.1 Å². The molecule has 2 aromatic rings. The molecule has 2 aromatic carbocycles. The fourth-order valence-corrected chi connectivity index (χ4v) is 2.63. The summed E-state index contributed by atoms with van der Waals surface area (Å²) in [4.78, 5) is -0.369. The molecular formula is C12H11NO5S. The first-order valence-corrected chi connectivity index (χ1v) is 6.73. The van der Waals surface area contributed by atoms with Gasteiger partial charge in [-0.3, -0.25) is 0 Å². The van der Waals surface area contributed by atoms with Crippen LogP contribution in [-0.4, -0.2) is 13.6 Å². The highest BCUT2D eigenvalue weighted by molar-refractivity contribution is 7.87. The van der Waals surface area contributed by atoms with E-state index in [0.29, 0.717) is 0 Å². The molecule has 0 saturated carbocycles. The molecule has 2 N–H and O–H groups in total. The Morgan fingerprint density at radius 2 is 1.58 bits per heavy atom. The van der Waals surface area contributed by atoms with Crippen molar-refractivity contribution >= 4 is 15.8 Å². The van der Waals surface area contributed by atoms with Gasteiger partial charge in [0.05, 0.1) is 0 Å². The lowest BCUT2D eigenvalue weighted by Crippen LogP contribution is -2.99. The van der Waals surface area contributed by atoms with Crippen LogP contribution in [0, 0.1) is 5.21 Å². The van der Waals surface area contributed by atoms with Crippen LogP contribution in [0.2, 0.25) is 0 Å². The predicted molar refractivity (Wildman–Crippen MR) is 66.5 cm³/mol. The van der Waals surface area contributed by atoms with Gasteiger partial charge in [0, 0.05) is 6.07 Å². The van der Waals surface area contributed by atoms with Gasteiger partial charge in [-0.05, 0) is 18.2 Å². The molecule has 1 atom stereocenters. The van der Waals surface area contributed by atoms with Crippen LogP contribution in [-0.2, 0) is 10.1 Å². The van der Waals surface area contributed by atoms with Gasteiger partial charge in [0.2, 0.25) is 0 Å². The van der Waals surface area contributed by atoms with E-state index in [-0.39, 0.29) is 16.3 Å². The average Bonchev–Trinajstić information content (AvgIpc) is 2.39. The molecule has 0 saturated heterocycles. The minimum atomic E-state index is -4.17. The van der Waals surface area contributed by atoms with Crippen molar-refractivity contribution in [2.24, 2.45) is 0 Å². The van der Waals surface area contributed by atoms with Crippen molar-refractivity contribution in [1.29, 1.82) is 0 Å². The molecule has 0 fully saturated rings. The highest BCUT2D eigenvalue weighted by atomic mass is 32.2. The van der Waals surface area contributed by atoms with Crippen molar-refractivity contribution in [2.45, 2.75) is 4.90 Å². The van der Waals surface area contributed by atoms with E-state index in [9.17, 15) is 13.6 Å². The summed E-state index contributed by atoms with van der Waals surface area (Å²) in [5, 5.41) is 18.7. The molecule has 0 amide bonds. The maximum absolute atomic E-state index is 12.0. The number of hydrogen-bond donors (Lipinski definition) is 2. The van der Waals surface area contributed by atoms with Crippen molar-refractivity contribution in [3.05, 3.63) is 59.8 Å². The number of quaternary nitrogens is 1. The van der Waals surface area contributed by atoms with E-state index in [2.05, 4.69) is 0 Å².